The Morgan fingerprint density at radius 1 is 1.07 bits per heavy atom. The normalized spacial score (nSPS) is 15.0. The Morgan fingerprint density at radius 2 is 1.85 bits per heavy atom. The Hall–Kier alpha value is -2.63. The van der Waals surface area contributed by atoms with Crippen LogP contribution in [-0.2, 0) is 13.0 Å². The fourth-order valence-corrected chi connectivity index (χ4v) is 4.22. The predicted molar refractivity (Wildman–Crippen MR) is 108 cm³/mol. The number of hydrogen-bond acceptors (Lipinski definition) is 4. The van der Waals surface area contributed by atoms with Crippen molar-refractivity contribution < 1.29 is 9.53 Å². The number of fused-ring (bicyclic) bond motifs is 1. The van der Waals surface area contributed by atoms with Gasteiger partial charge in [-0.3, -0.25) is 4.90 Å². The summed E-state index contributed by atoms with van der Waals surface area (Å²) >= 11 is 1.68. The smallest absolute Gasteiger partial charge is 0.410 e. The van der Waals surface area contributed by atoms with Gasteiger partial charge in [0, 0.05) is 19.6 Å². The van der Waals surface area contributed by atoms with Crippen molar-refractivity contribution in [3.63, 3.8) is 0 Å². The van der Waals surface area contributed by atoms with Gasteiger partial charge in [0.2, 0.25) is 0 Å². The summed E-state index contributed by atoms with van der Waals surface area (Å²) in [5.74, 6) is 0.550. The van der Waals surface area contributed by atoms with E-state index in [2.05, 4.69) is 51.3 Å². The summed E-state index contributed by atoms with van der Waals surface area (Å²) in [6.07, 6.45) is 0.615. The number of nitrogens with zero attached hydrogens (tertiary/aromatic N) is 1. The number of hydrogen-bond donors (Lipinski definition) is 1. The van der Waals surface area contributed by atoms with Crippen LogP contribution >= 0.6 is 11.3 Å². The number of nitrogens with one attached hydrogen (secondary N) is 1. The van der Waals surface area contributed by atoms with Gasteiger partial charge in [-0.25, -0.2) is 4.79 Å². The first-order valence-electron chi connectivity index (χ1n) is 9.13. The number of para-hydroxylation sites is 1. The molecule has 1 aromatic heterocycles. The maximum absolute atomic E-state index is 12.2. The molecule has 1 N–H and O–H groups in total. The van der Waals surface area contributed by atoms with Crippen LogP contribution in [0.2, 0.25) is 0 Å². The molecule has 0 fully saturated rings. The van der Waals surface area contributed by atoms with Crippen molar-refractivity contribution in [2.45, 2.75) is 19.0 Å². The summed E-state index contributed by atoms with van der Waals surface area (Å²) in [5, 5.41) is 7.19. The third-order valence-corrected chi connectivity index (χ3v) is 5.62. The van der Waals surface area contributed by atoms with Gasteiger partial charge in [-0.05, 0) is 52.1 Å². The topological polar surface area (TPSA) is 41.6 Å². The minimum absolute atomic E-state index is 0.132. The number of carbonyl (C=O) groups is 1. The Kier molecular flexibility index (Phi) is 5.51. The lowest BCUT2D eigenvalue weighted by Gasteiger charge is -2.35. The van der Waals surface area contributed by atoms with Crippen LogP contribution in [0.15, 0.2) is 71.4 Å². The lowest BCUT2D eigenvalue weighted by molar-refractivity contribution is 0.165. The highest BCUT2D eigenvalue weighted by molar-refractivity contribution is 7.07. The lowest BCUT2D eigenvalue weighted by atomic mass is 9.97. The maximum atomic E-state index is 12.2. The molecule has 1 atom stereocenters. The molecule has 1 amide bonds. The highest BCUT2D eigenvalue weighted by atomic mass is 32.1. The van der Waals surface area contributed by atoms with Crippen molar-refractivity contribution in [1.29, 1.82) is 0 Å². The second-order valence-corrected chi connectivity index (χ2v) is 7.43. The SMILES string of the molecule is O=C(NCC(c1ccsc1)N1CCc2ccccc2C1)Oc1ccccc1. The quantitative estimate of drug-likeness (QED) is 0.703. The third kappa shape index (κ3) is 4.38. The molecule has 2 heterocycles. The predicted octanol–water partition coefficient (Wildman–Crippen LogP) is 4.64. The van der Waals surface area contributed by atoms with Crippen LogP contribution in [-0.4, -0.2) is 24.1 Å². The zero-order valence-corrected chi connectivity index (χ0v) is 15.8. The van der Waals surface area contributed by atoms with Gasteiger partial charge >= 0.3 is 6.09 Å². The maximum Gasteiger partial charge on any atom is 0.412 e. The van der Waals surface area contributed by atoms with Crippen molar-refractivity contribution >= 4 is 17.4 Å². The Balaban J connectivity index is 1.44. The van der Waals surface area contributed by atoms with E-state index in [1.165, 1.54) is 16.7 Å². The van der Waals surface area contributed by atoms with Gasteiger partial charge in [-0.1, -0.05) is 42.5 Å². The van der Waals surface area contributed by atoms with E-state index in [9.17, 15) is 4.79 Å². The molecule has 0 saturated carbocycles. The van der Waals surface area contributed by atoms with Gasteiger partial charge in [-0.2, -0.15) is 11.3 Å². The number of benzene rings is 2. The van der Waals surface area contributed by atoms with Crippen LogP contribution in [0.3, 0.4) is 0 Å². The van der Waals surface area contributed by atoms with Crippen molar-refractivity contribution in [2.75, 3.05) is 13.1 Å². The van der Waals surface area contributed by atoms with Crippen molar-refractivity contribution in [2.24, 2.45) is 0 Å². The van der Waals surface area contributed by atoms with Crippen LogP contribution in [0, 0.1) is 0 Å². The summed E-state index contributed by atoms with van der Waals surface area (Å²) in [7, 11) is 0. The van der Waals surface area contributed by atoms with Crippen LogP contribution < -0.4 is 10.1 Å². The van der Waals surface area contributed by atoms with E-state index in [0.717, 1.165) is 19.5 Å². The summed E-state index contributed by atoms with van der Waals surface area (Å²) in [4.78, 5) is 14.7. The van der Waals surface area contributed by atoms with Gasteiger partial charge in [0.1, 0.15) is 5.75 Å². The van der Waals surface area contributed by atoms with E-state index in [1.54, 1.807) is 23.5 Å². The van der Waals surface area contributed by atoms with Crippen LogP contribution in [0.25, 0.3) is 0 Å². The molecule has 4 nitrogen and oxygen atoms in total. The number of rotatable bonds is 5. The summed E-state index contributed by atoms with van der Waals surface area (Å²) in [5.41, 5.74) is 4.03. The molecule has 0 aliphatic carbocycles. The molecule has 4 rings (SSSR count). The van der Waals surface area contributed by atoms with Gasteiger partial charge in [0.05, 0.1) is 6.04 Å². The molecule has 27 heavy (non-hydrogen) atoms. The Bertz CT molecular complexity index is 880. The number of amides is 1. The van der Waals surface area contributed by atoms with Gasteiger partial charge in [-0.15, -0.1) is 0 Å². The largest absolute Gasteiger partial charge is 0.412 e. The zero-order chi connectivity index (χ0) is 18.5. The highest BCUT2D eigenvalue weighted by Gasteiger charge is 2.25. The first kappa shape index (κ1) is 17.8. The molecule has 138 valence electrons. The first-order chi connectivity index (χ1) is 13.3. The molecule has 3 aromatic rings. The van der Waals surface area contributed by atoms with Crippen molar-refractivity contribution in [3.8, 4) is 5.75 Å². The molecule has 0 spiro atoms. The zero-order valence-electron chi connectivity index (χ0n) is 15.0. The second kappa shape index (κ2) is 8.37. The van der Waals surface area contributed by atoms with Crippen molar-refractivity contribution in [3.05, 3.63) is 88.1 Å². The lowest BCUT2D eigenvalue weighted by Crippen LogP contribution is -2.41. The van der Waals surface area contributed by atoms with Gasteiger partial charge < -0.3 is 10.1 Å². The minimum Gasteiger partial charge on any atom is -0.410 e. The van der Waals surface area contributed by atoms with Crippen LogP contribution in [0.1, 0.15) is 22.7 Å². The first-order valence-corrected chi connectivity index (χ1v) is 10.1. The van der Waals surface area contributed by atoms with E-state index in [-0.39, 0.29) is 6.04 Å². The number of thiophene rings is 1. The molecule has 1 unspecified atom stereocenters. The Morgan fingerprint density at radius 3 is 2.63 bits per heavy atom. The van der Waals surface area contributed by atoms with Crippen molar-refractivity contribution in [1.82, 2.24) is 10.2 Å². The fourth-order valence-electron chi connectivity index (χ4n) is 3.52. The monoisotopic (exact) mass is 378 g/mol. The van der Waals surface area contributed by atoms with Crippen LogP contribution in [0.4, 0.5) is 4.79 Å². The number of ether oxygens (including phenoxy) is 1. The summed E-state index contributed by atoms with van der Waals surface area (Å²) in [6.45, 7) is 2.39. The summed E-state index contributed by atoms with van der Waals surface area (Å²) < 4.78 is 5.36. The minimum atomic E-state index is -0.418. The molecule has 0 radical (unpaired) electrons. The standard InChI is InChI=1S/C22H22N2O2S/c25-22(26-20-8-2-1-3-9-20)23-14-21(19-11-13-27-16-19)24-12-10-17-6-4-5-7-18(17)15-24/h1-9,11,13,16,21H,10,12,14-15H2,(H,23,25). The van der Waals surface area contributed by atoms with E-state index >= 15 is 0 Å². The average molecular weight is 378 g/mol. The molecule has 1 aliphatic heterocycles. The second-order valence-electron chi connectivity index (χ2n) is 6.65. The Labute approximate surface area is 163 Å². The molecular formula is C22H22N2O2S. The fraction of sp³-hybridized carbons (Fsp3) is 0.227. The molecule has 5 heteroatoms. The molecule has 0 bridgehead atoms. The van der Waals surface area contributed by atoms with Gasteiger partial charge in [0.25, 0.3) is 0 Å². The molecule has 1 aliphatic rings. The van der Waals surface area contributed by atoms with E-state index in [0.29, 0.717) is 12.3 Å². The van der Waals surface area contributed by atoms with Gasteiger partial charge in [0.15, 0.2) is 0 Å². The van der Waals surface area contributed by atoms with E-state index in [4.69, 9.17) is 4.74 Å². The summed E-state index contributed by atoms with van der Waals surface area (Å²) in [6, 6.07) is 20.0. The molecule has 0 saturated heterocycles. The van der Waals surface area contributed by atoms with E-state index < -0.39 is 6.09 Å². The highest BCUT2D eigenvalue weighted by Crippen LogP contribution is 2.28. The van der Waals surface area contributed by atoms with E-state index in [1.807, 2.05) is 18.2 Å². The van der Waals surface area contributed by atoms with Crippen LogP contribution in [0.5, 0.6) is 5.75 Å². The molecular weight excluding hydrogens is 356 g/mol. The average Bonchev–Trinajstić information content (AvgIpc) is 3.23. The molecule has 2 aromatic carbocycles. The third-order valence-electron chi connectivity index (χ3n) is 4.92. The number of carbonyl (C=O) groups excluding carboxylic acids is 1.